The van der Waals surface area contributed by atoms with Gasteiger partial charge >= 0.3 is 0 Å². The number of hydrogen-bond donors (Lipinski definition) is 2. The van der Waals surface area contributed by atoms with Crippen LogP contribution < -0.4 is 5.32 Å². The van der Waals surface area contributed by atoms with Gasteiger partial charge in [0.2, 0.25) is 11.8 Å². The molecule has 0 aliphatic carbocycles. The molecule has 5 heteroatoms. The lowest BCUT2D eigenvalue weighted by Gasteiger charge is -2.34. The number of nitrogens with one attached hydrogen (secondary N) is 1. The van der Waals surface area contributed by atoms with Crippen molar-refractivity contribution in [1.29, 1.82) is 0 Å². The summed E-state index contributed by atoms with van der Waals surface area (Å²) in [5, 5.41) is 11.8. The van der Waals surface area contributed by atoms with E-state index >= 15 is 0 Å². The molecule has 0 bridgehead atoms. The van der Waals surface area contributed by atoms with E-state index in [2.05, 4.69) is 5.32 Å². The summed E-state index contributed by atoms with van der Waals surface area (Å²) in [5.74, 6) is -0.0994. The van der Waals surface area contributed by atoms with E-state index in [0.29, 0.717) is 13.0 Å². The monoisotopic (exact) mass is 228 g/mol. The van der Waals surface area contributed by atoms with Crippen LogP contribution in [0.2, 0.25) is 0 Å². The number of piperidine rings is 1. The predicted octanol–water partition coefficient (Wildman–Crippen LogP) is -0.114. The number of carbonyl (C=O) groups is 2. The number of aliphatic hydroxyl groups excluding tert-OH is 1. The van der Waals surface area contributed by atoms with E-state index in [-0.39, 0.29) is 24.5 Å². The average Bonchev–Trinajstić information content (AvgIpc) is 2.28. The molecule has 1 aliphatic rings. The van der Waals surface area contributed by atoms with E-state index in [4.69, 9.17) is 5.11 Å². The van der Waals surface area contributed by atoms with Crippen molar-refractivity contribution in [3.05, 3.63) is 0 Å². The molecule has 0 aromatic heterocycles. The first kappa shape index (κ1) is 13.0. The van der Waals surface area contributed by atoms with Crippen LogP contribution in [0.4, 0.5) is 0 Å². The van der Waals surface area contributed by atoms with Gasteiger partial charge in [0.1, 0.15) is 0 Å². The molecule has 1 aliphatic heterocycles. The van der Waals surface area contributed by atoms with E-state index < -0.39 is 0 Å². The smallest absolute Gasteiger partial charge is 0.224 e. The minimum atomic E-state index is -0.120. The highest BCUT2D eigenvalue weighted by Gasteiger charge is 2.25. The van der Waals surface area contributed by atoms with Crippen molar-refractivity contribution >= 4 is 11.8 Å². The zero-order valence-corrected chi connectivity index (χ0v) is 9.74. The molecule has 1 atom stereocenters. The third kappa shape index (κ3) is 3.81. The lowest BCUT2D eigenvalue weighted by molar-refractivity contribution is -0.135. The lowest BCUT2D eigenvalue weighted by Crippen LogP contribution is -2.46. The van der Waals surface area contributed by atoms with Gasteiger partial charge in [-0.25, -0.2) is 0 Å². The molecular weight excluding hydrogens is 208 g/mol. The van der Waals surface area contributed by atoms with Crippen molar-refractivity contribution in [2.45, 2.75) is 38.6 Å². The molecule has 0 spiro atoms. The number of amides is 2. The Bertz CT molecular complexity index is 256. The molecule has 16 heavy (non-hydrogen) atoms. The Labute approximate surface area is 95.8 Å². The maximum atomic E-state index is 11.8. The zero-order valence-electron chi connectivity index (χ0n) is 9.74. The summed E-state index contributed by atoms with van der Waals surface area (Å²) < 4.78 is 0. The maximum absolute atomic E-state index is 11.8. The number of aliphatic hydroxyl groups is 1. The summed E-state index contributed by atoms with van der Waals surface area (Å²) in [6.07, 6.45) is 3.27. The summed E-state index contributed by atoms with van der Waals surface area (Å²) >= 11 is 0. The zero-order chi connectivity index (χ0) is 12.0. The molecule has 0 radical (unpaired) electrons. The molecule has 92 valence electrons. The summed E-state index contributed by atoms with van der Waals surface area (Å²) in [7, 11) is 0. The minimum Gasteiger partial charge on any atom is -0.394 e. The second kappa shape index (κ2) is 6.48. The average molecular weight is 228 g/mol. The molecule has 2 N–H and O–H groups in total. The van der Waals surface area contributed by atoms with Crippen LogP contribution in [-0.4, -0.2) is 47.6 Å². The molecule has 0 aromatic carbocycles. The number of nitrogens with zero attached hydrogens (tertiary/aromatic N) is 1. The number of hydrogen-bond acceptors (Lipinski definition) is 3. The number of carbonyl (C=O) groups excluding carboxylic acids is 2. The van der Waals surface area contributed by atoms with Gasteiger partial charge in [0.05, 0.1) is 12.6 Å². The van der Waals surface area contributed by atoms with Crippen molar-refractivity contribution in [3.8, 4) is 0 Å². The topological polar surface area (TPSA) is 69.6 Å². The molecule has 2 amide bonds. The Morgan fingerprint density at radius 2 is 2.19 bits per heavy atom. The minimum absolute atomic E-state index is 0.0208. The summed E-state index contributed by atoms with van der Waals surface area (Å²) in [4.78, 5) is 24.2. The van der Waals surface area contributed by atoms with Gasteiger partial charge in [0.15, 0.2) is 0 Å². The van der Waals surface area contributed by atoms with Gasteiger partial charge in [0.25, 0.3) is 0 Å². The Hall–Kier alpha value is -1.10. The van der Waals surface area contributed by atoms with Gasteiger partial charge < -0.3 is 15.3 Å². The lowest BCUT2D eigenvalue weighted by atomic mass is 10.0. The highest BCUT2D eigenvalue weighted by atomic mass is 16.3. The molecule has 1 unspecified atom stereocenters. The molecule has 5 nitrogen and oxygen atoms in total. The first-order chi connectivity index (χ1) is 7.65. The molecule has 1 heterocycles. The van der Waals surface area contributed by atoms with Gasteiger partial charge in [-0.05, 0) is 19.3 Å². The van der Waals surface area contributed by atoms with Crippen LogP contribution in [-0.2, 0) is 9.59 Å². The predicted molar refractivity (Wildman–Crippen MR) is 59.7 cm³/mol. The van der Waals surface area contributed by atoms with E-state index in [9.17, 15) is 9.59 Å². The third-order valence-corrected chi connectivity index (χ3v) is 2.87. The van der Waals surface area contributed by atoms with Crippen molar-refractivity contribution < 1.29 is 14.7 Å². The second-order valence-electron chi connectivity index (χ2n) is 4.15. The fraction of sp³-hybridized carbons (Fsp3) is 0.818. The number of rotatable bonds is 4. The van der Waals surface area contributed by atoms with E-state index in [1.165, 1.54) is 6.92 Å². The van der Waals surface area contributed by atoms with Crippen molar-refractivity contribution in [1.82, 2.24) is 10.2 Å². The van der Waals surface area contributed by atoms with Crippen LogP contribution in [0.15, 0.2) is 0 Å². The van der Waals surface area contributed by atoms with Gasteiger partial charge in [-0.3, -0.25) is 9.59 Å². The van der Waals surface area contributed by atoms with E-state index in [1.54, 1.807) is 4.90 Å². The van der Waals surface area contributed by atoms with Crippen LogP contribution >= 0.6 is 0 Å². The summed E-state index contributed by atoms with van der Waals surface area (Å²) in [5.41, 5.74) is 0. The van der Waals surface area contributed by atoms with Gasteiger partial charge in [-0.15, -0.1) is 0 Å². The van der Waals surface area contributed by atoms with E-state index in [1.807, 2.05) is 0 Å². The van der Waals surface area contributed by atoms with Gasteiger partial charge in [0, 0.05) is 26.4 Å². The first-order valence-electron chi connectivity index (χ1n) is 5.80. The molecule has 1 saturated heterocycles. The number of likely N-dealkylation sites (tertiary alicyclic amines) is 1. The summed E-state index contributed by atoms with van der Waals surface area (Å²) in [6.45, 7) is 2.57. The van der Waals surface area contributed by atoms with Crippen molar-refractivity contribution in [3.63, 3.8) is 0 Å². The van der Waals surface area contributed by atoms with Crippen LogP contribution in [0, 0.1) is 0 Å². The molecule has 0 saturated carbocycles. The first-order valence-corrected chi connectivity index (χ1v) is 5.80. The Morgan fingerprint density at radius 3 is 2.81 bits per heavy atom. The standard InChI is InChI=1S/C11H20N2O3/c1-9(15)12-6-5-11(16)13-7-3-2-4-10(13)8-14/h10,14H,2-8H2,1H3,(H,12,15). The Morgan fingerprint density at radius 1 is 1.44 bits per heavy atom. The van der Waals surface area contributed by atoms with Crippen LogP contribution in [0.5, 0.6) is 0 Å². The highest BCUT2D eigenvalue weighted by Crippen LogP contribution is 2.17. The van der Waals surface area contributed by atoms with Gasteiger partial charge in [-0.2, -0.15) is 0 Å². The van der Waals surface area contributed by atoms with Crippen LogP contribution in [0.25, 0.3) is 0 Å². The fourth-order valence-corrected chi connectivity index (χ4v) is 2.01. The quantitative estimate of drug-likeness (QED) is 0.705. The third-order valence-electron chi connectivity index (χ3n) is 2.87. The highest BCUT2D eigenvalue weighted by molar-refractivity contribution is 5.78. The van der Waals surface area contributed by atoms with E-state index in [0.717, 1.165) is 25.8 Å². The van der Waals surface area contributed by atoms with Crippen LogP contribution in [0.1, 0.15) is 32.6 Å². The Kier molecular flexibility index (Phi) is 5.25. The van der Waals surface area contributed by atoms with Crippen molar-refractivity contribution in [2.75, 3.05) is 19.7 Å². The molecule has 1 fully saturated rings. The van der Waals surface area contributed by atoms with Crippen LogP contribution in [0.3, 0.4) is 0 Å². The van der Waals surface area contributed by atoms with Gasteiger partial charge in [-0.1, -0.05) is 0 Å². The Balaban J connectivity index is 2.35. The molecule has 1 rings (SSSR count). The molecular formula is C11H20N2O3. The fourth-order valence-electron chi connectivity index (χ4n) is 2.01. The largest absolute Gasteiger partial charge is 0.394 e. The summed E-state index contributed by atoms with van der Waals surface area (Å²) in [6, 6.07) is -0.0291. The molecule has 0 aromatic rings. The maximum Gasteiger partial charge on any atom is 0.224 e. The second-order valence-corrected chi connectivity index (χ2v) is 4.15. The SMILES string of the molecule is CC(=O)NCCC(=O)N1CCCCC1CO. The van der Waals surface area contributed by atoms with Crippen molar-refractivity contribution in [2.24, 2.45) is 0 Å². The normalized spacial score (nSPS) is 20.6.